The number of ether oxygens (including phenoxy) is 1. The van der Waals surface area contributed by atoms with Gasteiger partial charge in [-0.15, -0.1) is 0 Å². The fourth-order valence-electron chi connectivity index (χ4n) is 1.94. The Balaban J connectivity index is 2.15. The Morgan fingerprint density at radius 2 is 2.47 bits per heavy atom. The van der Waals surface area contributed by atoms with Crippen molar-refractivity contribution in [2.45, 2.75) is 12.1 Å². The first kappa shape index (κ1) is 11.8. The SMILES string of the molecule is CO[C@@H]1CNCC1Nc1ncccc1C(N)=O. The number of methoxy groups -OCH3 is 1. The average molecular weight is 236 g/mol. The molecule has 92 valence electrons. The number of carbonyl (C=O) groups excluding carboxylic acids is 1. The number of hydrogen-bond donors (Lipinski definition) is 3. The molecule has 1 aliphatic rings. The van der Waals surface area contributed by atoms with Gasteiger partial charge in [-0.1, -0.05) is 0 Å². The van der Waals surface area contributed by atoms with Crippen molar-refractivity contribution in [1.29, 1.82) is 0 Å². The number of nitrogens with two attached hydrogens (primary N) is 1. The van der Waals surface area contributed by atoms with Crippen LogP contribution in [0.3, 0.4) is 0 Å². The first-order valence-corrected chi connectivity index (χ1v) is 5.47. The molecule has 0 spiro atoms. The predicted octanol–water partition coefficient (Wildman–Crippen LogP) is -0.421. The molecule has 0 saturated carbocycles. The zero-order valence-electron chi connectivity index (χ0n) is 9.64. The maximum absolute atomic E-state index is 11.2. The van der Waals surface area contributed by atoms with Gasteiger partial charge in [-0.25, -0.2) is 4.98 Å². The lowest BCUT2D eigenvalue weighted by atomic mass is 10.2. The molecule has 0 aromatic carbocycles. The molecule has 1 saturated heterocycles. The van der Waals surface area contributed by atoms with Crippen molar-refractivity contribution in [1.82, 2.24) is 10.3 Å². The van der Waals surface area contributed by atoms with Crippen molar-refractivity contribution < 1.29 is 9.53 Å². The molecule has 0 aliphatic carbocycles. The first-order chi connectivity index (χ1) is 8.22. The highest BCUT2D eigenvalue weighted by atomic mass is 16.5. The van der Waals surface area contributed by atoms with Gasteiger partial charge in [-0.3, -0.25) is 4.79 Å². The van der Waals surface area contributed by atoms with E-state index in [1.807, 2.05) is 0 Å². The Labute approximate surface area is 99.5 Å². The lowest BCUT2D eigenvalue weighted by Gasteiger charge is -2.20. The number of rotatable bonds is 4. The molecule has 6 nitrogen and oxygen atoms in total. The smallest absolute Gasteiger partial charge is 0.252 e. The minimum atomic E-state index is -0.486. The van der Waals surface area contributed by atoms with E-state index in [-0.39, 0.29) is 12.1 Å². The quantitative estimate of drug-likeness (QED) is 0.660. The fourth-order valence-corrected chi connectivity index (χ4v) is 1.94. The summed E-state index contributed by atoms with van der Waals surface area (Å²) >= 11 is 0. The predicted molar refractivity (Wildman–Crippen MR) is 63.8 cm³/mol. The zero-order valence-corrected chi connectivity index (χ0v) is 9.64. The van der Waals surface area contributed by atoms with Crippen LogP contribution in [0.2, 0.25) is 0 Å². The van der Waals surface area contributed by atoms with Gasteiger partial charge in [0, 0.05) is 26.4 Å². The highest BCUT2D eigenvalue weighted by Gasteiger charge is 2.27. The molecule has 1 fully saturated rings. The summed E-state index contributed by atoms with van der Waals surface area (Å²) in [7, 11) is 1.67. The molecule has 2 heterocycles. The summed E-state index contributed by atoms with van der Waals surface area (Å²) in [4.78, 5) is 15.4. The summed E-state index contributed by atoms with van der Waals surface area (Å²) < 4.78 is 5.33. The Hall–Kier alpha value is -1.66. The average Bonchev–Trinajstić information content (AvgIpc) is 2.77. The van der Waals surface area contributed by atoms with Crippen molar-refractivity contribution in [2.75, 3.05) is 25.5 Å². The molecule has 2 atom stereocenters. The molecular formula is C11H16N4O2. The Morgan fingerprint density at radius 3 is 3.18 bits per heavy atom. The van der Waals surface area contributed by atoms with Crippen molar-refractivity contribution in [3.8, 4) is 0 Å². The van der Waals surface area contributed by atoms with Crippen LogP contribution >= 0.6 is 0 Å². The second-order valence-corrected chi connectivity index (χ2v) is 3.95. The van der Waals surface area contributed by atoms with E-state index in [1.54, 1.807) is 25.4 Å². The van der Waals surface area contributed by atoms with E-state index < -0.39 is 5.91 Å². The third-order valence-corrected chi connectivity index (χ3v) is 2.86. The van der Waals surface area contributed by atoms with E-state index in [0.29, 0.717) is 11.4 Å². The van der Waals surface area contributed by atoms with Crippen LogP contribution in [-0.2, 0) is 4.74 Å². The van der Waals surface area contributed by atoms with Gasteiger partial charge in [0.25, 0.3) is 5.91 Å². The number of aromatic nitrogens is 1. The Kier molecular flexibility index (Phi) is 3.55. The van der Waals surface area contributed by atoms with Crippen LogP contribution in [0.25, 0.3) is 0 Å². The molecular weight excluding hydrogens is 220 g/mol. The van der Waals surface area contributed by atoms with Gasteiger partial charge >= 0.3 is 0 Å². The van der Waals surface area contributed by atoms with E-state index in [9.17, 15) is 4.79 Å². The summed E-state index contributed by atoms with van der Waals surface area (Å²) in [5.41, 5.74) is 5.69. The Morgan fingerprint density at radius 1 is 1.65 bits per heavy atom. The van der Waals surface area contributed by atoms with E-state index in [1.165, 1.54) is 0 Å². The standard InChI is InChI=1S/C11H16N4O2/c1-17-9-6-13-5-8(9)15-11-7(10(12)16)3-2-4-14-11/h2-4,8-9,13H,5-6H2,1H3,(H2,12,16)(H,14,15)/t8?,9-/m1/s1. The molecule has 0 radical (unpaired) electrons. The van der Waals surface area contributed by atoms with Crippen LogP contribution in [-0.4, -0.2) is 43.2 Å². The van der Waals surface area contributed by atoms with Crippen molar-refractivity contribution >= 4 is 11.7 Å². The van der Waals surface area contributed by atoms with E-state index >= 15 is 0 Å². The molecule has 1 aromatic rings. The van der Waals surface area contributed by atoms with E-state index in [0.717, 1.165) is 13.1 Å². The zero-order chi connectivity index (χ0) is 12.3. The number of amides is 1. The van der Waals surface area contributed by atoms with Crippen LogP contribution in [0.15, 0.2) is 18.3 Å². The number of anilines is 1. The summed E-state index contributed by atoms with van der Waals surface area (Å²) in [6.45, 7) is 1.56. The first-order valence-electron chi connectivity index (χ1n) is 5.47. The molecule has 1 aromatic heterocycles. The third-order valence-electron chi connectivity index (χ3n) is 2.86. The van der Waals surface area contributed by atoms with Gasteiger partial charge in [-0.2, -0.15) is 0 Å². The second-order valence-electron chi connectivity index (χ2n) is 3.95. The van der Waals surface area contributed by atoms with Gasteiger partial charge in [0.2, 0.25) is 0 Å². The number of pyridine rings is 1. The number of nitrogens with one attached hydrogen (secondary N) is 2. The highest BCUT2D eigenvalue weighted by molar-refractivity contribution is 5.97. The van der Waals surface area contributed by atoms with E-state index in [4.69, 9.17) is 10.5 Å². The minimum absolute atomic E-state index is 0.0673. The number of carbonyl (C=O) groups is 1. The lowest BCUT2D eigenvalue weighted by Crippen LogP contribution is -2.34. The van der Waals surface area contributed by atoms with Crippen LogP contribution in [0.1, 0.15) is 10.4 Å². The molecule has 0 bridgehead atoms. The number of primary amides is 1. The number of nitrogens with zero attached hydrogens (tertiary/aromatic N) is 1. The van der Waals surface area contributed by atoms with Gasteiger partial charge in [0.15, 0.2) is 0 Å². The molecule has 1 unspecified atom stereocenters. The summed E-state index contributed by atoms with van der Waals surface area (Å²) in [5, 5.41) is 6.40. The summed E-state index contributed by atoms with van der Waals surface area (Å²) in [6, 6.07) is 3.43. The van der Waals surface area contributed by atoms with Gasteiger partial charge in [0.05, 0.1) is 17.7 Å². The molecule has 6 heteroatoms. The van der Waals surface area contributed by atoms with Gasteiger partial charge in [0.1, 0.15) is 5.82 Å². The van der Waals surface area contributed by atoms with E-state index in [2.05, 4.69) is 15.6 Å². The second kappa shape index (κ2) is 5.11. The van der Waals surface area contributed by atoms with Crippen molar-refractivity contribution in [2.24, 2.45) is 5.73 Å². The fraction of sp³-hybridized carbons (Fsp3) is 0.455. The van der Waals surface area contributed by atoms with Crippen LogP contribution < -0.4 is 16.4 Å². The third kappa shape index (κ3) is 2.54. The summed E-state index contributed by atoms with van der Waals surface area (Å²) in [6.07, 6.45) is 1.69. The van der Waals surface area contributed by atoms with Gasteiger partial charge < -0.3 is 21.1 Å². The molecule has 17 heavy (non-hydrogen) atoms. The Bertz CT molecular complexity index is 410. The largest absolute Gasteiger partial charge is 0.378 e. The van der Waals surface area contributed by atoms with Gasteiger partial charge in [-0.05, 0) is 12.1 Å². The monoisotopic (exact) mass is 236 g/mol. The van der Waals surface area contributed by atoms with Crippen molar-refractivity contribution in [3.63, 3.8) is 0 Å². The molecule has 4 N–H and O–H groups in total. The molecule has 2 rings (SSSR count). The summed E-state index contributed by atoms with van der Waals surface area (Å²) in [5.74, 6) is 0.0243. The normalized spacial score (nSPS) is 23.6. The molecule has 1 aliphatic heterocycles. The van der Waals surface area contributed by atoms with Crippen LogP contribution in [0.5, 0.6) is 0 Å². The van der Waals surface area contributed by atoms with Crippen LogP contribution in [0, 0.1) is 0 Å². The number of hydrogen-bond acceptors (Lipinski definition) is 5. The minimum Gasteiger partial charge on any atom is -0.378 e. The maximum atomic E-state index is 11.2. The maximum Gasteiger partial charge on any atom is 0.252 e. The van der Waals surface area contributed by atoms with Crippen molar-refractivity contribution in [3.05, 3.63) is 23.9 Å². The lowest BCUT2D eigenvalue weighted by molar-refractivity contribution is 0.0999. The molecule has 1 amide bonds. The topological polar surface area (TPSA) is 89.3 Å². The highest BCUT2D eigenvalue weighted by Crippen LogP contribution is 2.15. The van der Waals surface area contributed by atoms with Crippen LogP contribution in [0.4, 0.5) is 5.82 Å².